The molecule has 2 aromatic carbocycles. The number of fused-ring (bicyclic) bond motifs is 1. The van der Waals surface area contributed by atoms with E-state index in [2.05, 4.69) is 34.5 Å². The summed E-state index contributed by atoms with van der Waals surface area (Å²) in [7, 11) is 2.02. The van der Waals surface area contributed by atoms with E-state index in [1.54, 1.807) is 11.8 Å². The van der Waals surface area contributed by atoms with Crippen molar-refractivity contribution >= 4 is 29.3 Å². The topological polar surface area (TPSA) is 32.3 Å². The molecule has 0 bridgehead atoms. The third-order valence-electron chi connectivity index (χ3n) is 4.49. The number of rotatable bonds is 6. The molecule has 0 aromatic heterocycles. The molecule has 1 atom stereocenters. The van der Waals surface area contributed by atoms with E-state index in [0.29, 0.717) is 6.54 Å². The van der Waals surface area contributed by atoms with E-state index in [-0.39, 0.29) is 11.9 Å². The van der Waals surface area contributed by atoms with Crippen LogP contribution in [-0.2, 0) is 23.5 Å². The molecule has 0 radical (unpaired) electrons. The van der Waals surface area contributed by atoms with E-state index in [4.69, 9.17) is 11.6 Å². The van der Waals surface area contributed by atoms with Gasteiger partial charge in [0.25, 0.3) is 0 Å². The molecule has 1 aliphatic heterocycles. The summed E-state index contributed by atoms with van der Waals surface area (Å²) in [6.07, 6.45) is 0.786. The fourth-order valence-corrected chi connectivity index (χ4v) is 4.15. The third-order valence-corrected chi connectivity index (χ3v) is 5.75. The largest absolute Gasteiger partial charge is 0.354 e. The van der Waals surface area contributed by atoms with Gasteiger partial charge in [-0.05, 0) is 42.3 Å². The van der Waals surface area contributed by atoms with Crippen LogP contribution in [0, 0.1) is 0 Å². The van der Waals surface area contributed by atoms with E-state index < -0.39 is 0 Å². The Balaban J connectivity index is 1.42. The molecule has 3 rings (SSSR count). The van der Waals surface area contributed by atoms with Gasteiger partial charge in [-0.1, -0.05) is 48.0 Å². The van der Waals surface area contributed by atoms with Gasteiger partial charge in [0.2, 0.25) is 5.91 Å². The molecule has 0 unspecified atom stereocenters. The Morgan fingerprint density at radius 2 is 2.04 bits per heavy atom. The van der Waals surface area contributed by atoms with E-state index in [1.807, 2.05) is 31.3 Å². The van der Waals surface area contributed by atoms with Crippen LogP contribution in [0.3, 0.4) is 0 Å². The van der Waals surface area contributed by atoms with Crippen LogP contribution in [0.2, 0.25) is 5.02 Å². The average molecular weight is 375 g/mol. The van der Waals surface area contributed by atoms with Crippen LogP contribution >= 0.6 is 23.4 Å². The van der Waals surface area contributed by atoms with Gasteiger partial charge in [0.15, 0.2) is 0 Å². The highest BCUT2D eigenvalue weighted by atomic mass is 35.5. The number of likely N-dealkylation sites (N-methyl/N-ethyl adjacent to an activating group) is 1. The molecule has 0 saturated heterocycles. The van der Waals surface area contributed by atoms with Gasteiger partial charge in [-0.2, -0.15) is 11.8 Å². The van der Waals surface area contributed by atoms with Crippen LogP contribution in [0.1, 0.15) is 16.7 Å². The molecule has 3 nitrogen and oxygen atoms in total. The molecule has 5 heteroatoms. The lowest BCUT2D eigenvalue weighted by Gasteiger charge is -2.33. The minimum Gasteiger partial charge on any atom is -0.354 e. The lowest BCUT2D eigenvalue weighted by Crippen LogP contribution is -2.48. The number of carbonyl (C=O) groups excluding carboxylic acids is 1. The smallest absolute Gasteiger partial charge is 0.237 e. The maximum absolute atomic E-state index is 12.5. The highest BCUT2D eigenvalue weighted by molar-refractivity contribution is 7.98. The number of thioether (sulfide) groups is 1. The fraction of sp³-hybridized carbons (Fsp3) is 0.350. The number of carbonyl (C=O) groups is 1. The first-order chi connectivity index (χ1) is 12.1. The van der Waals surface area contributed by atoms with Crippen LogP contribution in [0.25, 0.3) is 0 Å². The first-order valence-electron chi connectivity index (χ1n) is 8.50. The van der Waals surface area contributed by atoms with E-state index >= 15 is 0 Å². The zero-order chi connectivity index (χ0) is 17.6. The van der Waals surface area contributed by atoms with Gasteiger partial charge >= 0.3 is 0 Å². The number of benzene rings is 2. The van der Waals surface area contributed by atoms with Gasteiger partial charge in [-0.25, -0.2) is 0 Å². The molecule has 1 heterocycles. The number of nitrogens with one attached hydrogen (secondary N) is 1. The summed E-state index contributed by atoms with van der Waals surface area (Å²) in [5.74, 6) is 1.93. The molecule has 0 spiro atoms. The average Bonchev–Trinajstić information content (AvgIpc) is 2.60. The van der Waals surface area contributed by atoms with Gasteiger partial charge < -0.3 is 5.32 Å². The number of hydrogen-bond acceptors (Lipinski definition) is 3. The van der Waals surface area contributed by atoms with Crippen molar-refractivity contribution in [1.82, 2.24) is 10.2 Å². The van der Waals surface area contributed by atoms with Crippen molar-refractivity contribution in [3.8, 4) is 0 Å². The number of nitrogens with zero attached hydrogens (tertiary/aromatic N) is 1. The monoisotopic (exact) mass is 374 g/mol. The van der Waals surface area contributed by atoms with Gasteiger partial charge in [-0.3, -0.25) is 9.69 Å². The molecule has 0 aliphatic carbocycles. The van der Waals surface area contributed by atoms with Crippen molar-refractivity contribution in [2.75, 3.05) is 19.3 Å². The second-order valence-electron chi connectivity index (χ2n) is 6.38. The summed E-state index contributed by atoms with van der Waals surface area (Å²) >= 11 is 7.80. The van der Waals surface area contributed by atoms with Crippen LogP contribution in [0.15, 0.2) is 48.5 Å². The molecule has 2 aromatic rings. The predicted molar refractivity (Wildman–Crippen MR) is 106 cm³/mol. The quantitative estimate of drug-likeness (QED) is 0.781. The van der Waals surface area contributed by atoms with Crippen LogP contribution < -0.4 is 5.32 Å². The normalized spacial score (nSPS) is 17.1. The number of hydrogen-bond donors (Lipinski definition) is 1. The van der Waals surface area contributed by atoms with E-state index in [0.717, 1.165) is 29.5 Å². The summed E-state index contributed by atoms with van der Waals surface area (Å²) in [6, 6.07) is 16.2. The Labute approximate surface area is 158 Å². The van der Waals surface area contributed by atoms with Crippen molar-refractivity contribution in [2.45, 2.75) is 24.8 Å². The van der Waals surface area contributed by atoms with Gasteiger partial charge in [-0.15, -0.1) is 0 Å². The van der Waals surface area contributed by atoms with E-state index in [1.165, 1.54) is 16.7 Å². The Kier molecular flexibility index (Phi) is 6.40. The third kappa shape index (κ3) is 5.00. The maximum atomic E-state index is 12.5. The second-order valence-corrected chi connectivity index (χ2v) is 7.92. The lowest BCUT2D eigenvalue weighted by atomic mass is 9.94. The molecule has 132 valence electrons. The fourth-order valence-electron chi connectivity index (χ4n) is 3.13. The maximum Gasteiger partial charge on any atom is 0.237 e. The SMILES string of the molecule is CN1Cc2ccccc2C[C@H]1C(=O)NCCSCc1cccc(Cl)c1. The molecule has 1 N–H and O–H groups in total. The molecule has 1 aliphatic rings. The summed E-state index contributed by atoms with van der Waals surface area (Å²) in [5, 5.41) is 3.85. The van der Waals surface area contributed by atoms with Crippen LogP contribution in [-0.4, -0.2) is 36.2 Å². The van der Waals surface area contributed by atoms with Crippen molar-refractivity contribution in [3.05, 3.63) is 70.2 Å². The van der Waals surface area contributed by atoms with Crippen molar-refractivity contribution in [1.29, 1.82) is 0 Å². The highest BCUT2D eigenvalue weighted by Gasteiger charge is 2.28. The zero-order valence-corrected chi connectivity index (χ0v) is 15.9. The van der Waals surface area contributed by atoms with Gasteiger partial charge in [0.1, 0.15) is 0 Å². The number of halogens is 1. The molecule has 0 fully saturated rings. The summed E-state index contributed by atoms with van der Waals surface area (Å²) in [6.45, 7) is 1.52. The first-order valence-corrected chi connectivity index (χ1v) is 10.0. The minimum absolute atomic E-state index is 0.0761. The predicted octanol–water partition coefficient (Wildman–Crippen LogP) is 3.75. The Morgan fingerprint density at radius 1 is 1.24 bits per heavy atom. The van der Waals surface area contributed by atoms with Crippen LogP contribution in [0.5, 0.6) is 0 Å². The summed E-state index contributed by atoms with van der Waals surface area (Å²) in [4.78, 5) is 14.7. The Hall–Kier alpha value is -1.49. The van der Waals surface area contributed by atoms with Crippen molar-refractivity contribution in [2.24, 2.45) is 0 Å². The van der Waals surface area contributed by atoms with E-state index in [9.17, 15) is 4.79 Å². The Bertz CT molecular complexity index is 737. The number of amides is 1. The van der Waals surface area contributed by atoms with Crippen molar-refractivity contribution < 1.29 is 4.79 Å². The Morgan fingerprint density at radius 3 is 2.84 bits per heavy atom. The first kappa shape index (κ1) is 18.3. The summed E-state index contributed by atoms with van der Waals surface area (Å²) in [5.41, 5.74) is 3.83. The zero-order valence-electron chi connectivity index (χ0n) is 14.4. The van der Waals surface area contributed by atoms with Crippen molar-refractivity contribution in [3.63, 3.8) is 0 Å². The second kappa shape index (κ2) is 8.75. The van der Waals surface area contributed by atoms with Gasteiger partial charge in [0.05, 0.1) is 6.04 Å². The molecular formula is C20H23ClN2OS. The molecule has 1 amide bonds. The molecule has 0 saturated carbocycles. The molecule has 25 heavy (non-hydrogen) atoms. The molecular weight excluding hydrogens is 352 g/mol. The lowest BCUT2D eigenvalue weighted by molar-refractivity contribution is -0.126. The standard InChI is InChI=1S/C20H23ClN2OS/c1-23-13-17-7-3-2-6-16(17)12-19(23)20(24)22-9-10-25-14-15-5-4-8-18(21)11-15/h2-8,11,19H,9-10,12-14H2,1H3,(H,22,24)/t19-/m0/s1. The highest BCUT2D eigenvalue weighted by Crippen LogP contribution is 2.22. The minimum atomic E-state index is -0.0761. The van der Waals surface area contributed by atoms with Crippen LogP contribution in [0.4, 0.5) is 0 Å². The van der Waals surface area contributed by atoms with Gasteiger partial charge in [0, 0.05) is 29.6 Å². The summed E-state index contributed by atoms with van der Waals surface area (Å²) < 4.78 is 0.